The number of likely N-dealkylation sites (N-methyl/N-ethyl adjacent to an activating group) is 1. The molecule has 2 aliphatic rings. The molecule has 0 aliphatic carbocycles. The minimum Gasteiger partial charge on any atom is -0.466 e. The highest BCUT2D eigenvalue weighted by atomic mass is 16.5. The Morgan fingerprint density at radius 1 is 1.03 bits per heavy atom. The van der Waals surface area contributed by atoms with E-state index in [9.17, 15) is 9.59 Å². The fraction of sp³-hybridized carbons (Fsp3) is 0.222. The predicted octanol–water partition coefficient (Wildman–Crippen LogP) is 3.27. The zero-order valence-corrected chi connectivity index (χ0v) is 18.4. The first-order valence-electron chi connectivity index (χ1n) is 11.0. The van der Waals surface area contributed by atoms with Crippen LogP contribution < -0.4 is 5.32 Å². The largest absolute Gasteiger partial charge is 0.466 e. The van der Waals surface area contributed by atoms with Crippen LogP contribution in [0.25, 0.3) is 0 Å². The summed E-state index contributed by atoms with van der Waals surface area (Å²) in [5.74, 6) is 0.0175. The summed E-state index contributed by atoms with van der Waals surface area (Å²) >= 11 is 0. The van der Waals surface area contributed by atoms with Gasteiger partial charge in [-0.15, -0.1) is 0 Å². The summed E-state index contributed by atoms with van der Waals surface area (Å²) in [5, 5.41) is 2.63. The molecule has 5 rings (SSSR count). The smallest absolute Gasteiger partial charge is 0.256 e. The average Bonchev–Trinajstić information content (AvgIpc) is 3.21. The topological polar surface area (TPSA) is 71.0 Å². The van der Waals surface area contributed by atoms with Crippen molar-refractivity contribution in [3.8, 4) is 0 Å². The summed E-state index contributed by atoms with van der Waals surface area (Å²) in [5.41, 5.74) is 2.47. The van der Waals surface area contributed by atoms with E-state index >= 15 is 0 Å². The lowest BCUT2D eigenvalue weighted by atomic mass is 9.81. The van der Waals surface area contributed by atoms with Gasteiger partial charge in [0.05, 0.1) is 6.54 Å². The summed E-state index contributed by atoms with van der Waals surface area (Å²) in [6.45, 7) is 0.290. The first-order valence-corrected chi connectivity index (χ1v) is 11.0. The van der Waals surface area contributed by atoms with Crippen molar-refractivity contribution in [3.05, 3.63) is 107 Å². The SMILES string of the molecule is CNC(=O)CN1Cc2ccccc2[C@@H]2OC(c3ccccc3)=N[C@]2(Cc2ccccc2)C1=O. The van der Waals surface area contributed by atoms with E-state index < -0.39 is 11.6 Å². The van der Waals surface area contributed by atoms with Crippen LogP contribution in [0.5, 0.6) is 0 Å². The van der Waals surface area contributed by atoms with Crippen LogP contribution in [0, 0.1) is 0 Å². The van der Waals surface area contributed by atoms with Gasteiger partial charge in [0.15, 0.2) is 11.6 Å². The number of nitrogens with zero attached hydrogens (tertiary/aromatic N) is 2. The van der Waals surface area contributed by atoms with Crippen molar-refractivity contribution in [1.29, 1.82) is 0 Å². The van der Waals surface area contributed by atoms with Gasteiger partial charge < -0.3 is 15.0 Å². The summed E-state index contributed by atoms with van der Waals surface area (Å²) < 4.78 is 6.49. The number of nitrogens with one attached hydrogen (secondary N) is 1. The highest BCUT2D eigenvalue weighted by molar-refractivity contribution is 6.02. The predicted molar refractivity (Wildman–Crippen MR) is 126 cm³/mol. The fourth-order valence-corrected chi connectivity index (χ4v) is 4.65. The van der Waals surface area contributed by atoms with Crippen LogP contribution >= 0.6 is 0 Å². The number of amides is 2. The average molecular weight is 440 g/mol. The Morgan fingerprint density at radius 2 is 1.70 bits per heavy atom. The Hall–Kier alpha value is -3.93. The minimum absolute atomic E-state index is 0.0386. The van der Waals surface area contributed by atoms with E-state index in [-0.39, 0.29) is 18.4 Å². The number of aliphatic imine (C=N–C) groups is 1. The minimum atomic E-state index is -1.22. The lowest BCUT2D eigenvalue weighted by molar-refractivity contribution is -0.142. The second kappa shape index (κ2) is 8.54. The number of rotatable bonds is 5. The molecule has 3 aromatic rings. The quantitative estimate of drug-likeness (QED) is 0.663. The Labute approximate surface area is 192 Å². The molecule has 6 nitrogen and oxygen atoms in total. The number of hydrogen-bond acceptors (Lipinski definition) is 4. The van der Waals surface area contributed by atoms with E-state index in [0.29, 0.717) is 18.9 Å². The molecule has 0 saturated carbocycles. The number of fused-ring (bicyclic) bond motifs is 3. The molecule has 0 spiro atoms. The third kappa shape index (κ3) is 3.78. The van der Waals surface area contributed by atoms with Gasteiger partial charge in [-0.1, -0.05) is 72.8 Å². The van der Waals surface area contributed by atoms with Crippen LogP contribution in [0.3, 0.4) is 0 Å². The maximum atomic E-state index is 14.2. The summed E-state index contributed by atoms with van der Waals surface area (Å²) in [7, 11) is 1.57. The van der Waals surface area contributed by atoms with Crippen LogP contribution in [0.1, 0.15) is 28.4 Å². The Morgan fingerprint density at radius 3 is 2.42 bits per heavy atom. The molecule has 0 radical (unpaired) electrons. The molecule has 0 aromatic heterocycles. The van der Waals surface area contributed by atoms with Crippen LogP contribution in [0.4, 0.5) is 0 Å². The highest BCUT2D eigenvalue weighted by Gasteiger charge is 2.56. The zero-order valence-electron chi connectivity index (χ0n) is 18.4. The molecule has 0 fully saturated rings. The molecule has 0 bridgehead atoms. The zero-order chi connectivity index (χ0) is 22.8. The van der Waals surface area contributed by atoms with E-state index in [2.05, 4.69) is 5.32 Å². The first kappa shape index (κ1) is 20.9. The lowest BCUT2D eigenvalue weighted by Crippen LogP contribution is -2.51. The van der Waals surface area contributed by atoms with Crippen molar-refractivity contribution in [2.24, 2.45) is 4.99 Å². The number of hydrogen-bond donors (Lipinski definition) is 1. The van der Waals surface area contributed by atoms with Crippen LogP contribution in [0.15, 0.2) is 89.9 Å². The standard InChI is InChI=1S/C27H25N3O3/c1-28-23(31)18-30-17-21-14-8-9-15-22(21)24-27(26(30)32,16-19-10-4-2-5-11-19)29-25(33-24)20-12-6-3-7-13-20/h2-15,24H,16-18H2,1H3,(H,28,31)/t24-,27-/m0/s1. The molecule has 2 aliphatic heterocycles. The molecule has 2 heterocycles. The maximum absolute atomic E-state index is 14.2. The fourth-order valence-electron chi connectivity index (χ4n) is 4.65. The molecule has 6 heteroatoms. The second-order valence-electron chi connectivity index (χ2n) is 8.40. The van der Waals surface area contributed by atoms with Crippen LogP contribution in [0.2, 0.25) is 0 Å². The third-order valence-electron chi connectivity index (χ3n) is 6.27. The van der Waals surface area contributed by atoms with Gasteiger partial charge in [0.25, 0.3) is 5.91 Å². The van der Waals surface area contributed by atoms with Crippen LogP contribution in [-0.4, -0.2) is 41.7 Å². The normalized spacial score (nSPS) is 21.4. The van der Waals surface area contributed by atoms with E-state index in [1.165, 1.54) is 0 Å². The van der Waals surface area contributed by atoms with Crippen molar-refractivity contribution in [2.75, 3.05) is 13.6 Å². The Bertz CT molecular complexity index is 1210. The maximum Gasteiger partial charge on any atom is 0.256 e. The molecule has 0 saturated heterocycles. The van der Waals surface area contributed by atoms with E-state index in [1.807, 2.05) is 84.9 Å². The molecule has 2 atom stereocenters. The van der Waals surface area contributed by atoms with Crippen molar-refractivity contribution in [1.82, 2.24) is 10.2 Å². The van der Waals surface area contributed by atoms with E-state index in [1.54, 1.807) is 11.9 Å². The number of carbonyl (C=O) groups is 2. The monoisotopic (exact) mass is 439 g/mol. The van der Waals surface area contributed by atoms with Gasteiger partial charge >= 0.3 is 0 Å². The van der Waals surface area contributed by atoms with Gasteiger partial charge in [-0.25, -0.2) is 4.99 Å². The van der Waals surface area contributed by atoms with Gasteiger partial charge in [0.1, 0.15) is 0 Å². The summed E-state index contributed by atoms with van der Waals surface area (Å²) in [4.78, 5) is 33.1. The van der Waals surface area contributed by atoms with Crippen molar-refractivity contribution >= 4 is 17.7 Å². The summed E-state index contributed by atoms with van der Waals surface area (Å²) in [6, 6.07) is 27.4. The van der Waals surface area contributed by atoms with E-state index in [0.717, 1.165) is 22.3 Å². The first-order chi connectivity index (χ1) is 16.1. The Kier molecular flexibility index (Phi) is 5.42. The molecule has 166 valence electrons. The van der Waals surface area contributed by atoms with Gasteiger partial charge in [-0.3, -0.25) is 9.59 Å². The van der Waals surface area contributed by atoms with Crippen molar-refractivity contribution < 1.29 is 14.3 Å². The molecular formula is C27H25N3O3. The van der Waals surface area contributed by atoms with Gasteiger partial charge in [0.2, 0.25) is 11.8 Å². The van der Waals surface area contributed by atoms with Gasteiger partial charge in [-0.2, -0.15) is 0 Å². The molecule has 1 N–H and O–H groups in total. The van der Waals surface area contributed by atoms with E-state index in [4.69, 9.17) is 9.73 Å². The van der Waals surface area contributed by atoms with Gasteiger partial charge in [-0.05, 0) is 23.3 Å². The number of ether oxygens (including phenoxy) is 1. The lowest BCUT2D eigenvalue weighted by Gasteiger charge is -2.32. The molecule has 33 heavy (non-hydrogen) atoms. The summed E-state index contributed by atoms with van der Waals surface area (Å²) in [6.07, 6.45) is -0.224. The number of carbonyl (C=O) groups excluding carboxylic acids is 2. The number of benzene rings is 3. The molecule has 0 unspecified atom stereocenters. The molecular weight excluding hydrogens is 414 g/mol. The highest BCUT2D eigenvalue weighted by Crippen LogP contribution is 2.46. The van der Waals surface area contributed by atoms with Crippen molar-refractivity contribution in [2.45, 2.75) is 24.6 Å². The third-order valence-corrected chi connectivity index (χ3v) is 6.27. The van der Waals surface area contributed by atoms with Crippen LogP contribution in [-0.2, 0) is 27.3 Å². The molecule has 3 aromatic carbocycles. The molecule has 2 amide bonds. The Balaban J connectivity index is 1.69. The second-order valence-corrected chi connectivity index (χ2v) is 8.40. The van der Waals surface area contributed by atoms with Crippen molar-refractivity contribution in [3.63, 3.8) is 0 Å². The van der Waals surface area contributed by atoms with Gasteiger partial charge in [0, 0.05) is 31.1 Å².